The van der Waals surface area contributed by atoms with Gasteiger partial charge in [-0.05, 0) is 37.6 Å². The Kier molecular flexibility index (Phi) is 3.72. The third-order valence-corrected chi connectivity index (χ3v) is 2.77. The molecule has 0 amide bonds. The number of nitrogens with zero attached hydrogens (tertiary/aromatic N) is 1. The predicted octanol–water partition coefficient (Wildman–Crippen LogP) is 3.09. The van der Waals surface area contributed by atoms with Crippen molar-refractivity contribution in [3.63, 3.8) is 0 Å². The molecule has 0 saturated carbocycles. The van der Waals surface area contributed by atoms with Gasteiger partial charge in [-0.25, -0.2) is 0 Å². The zero-order valence-corrected chi connectivity index (χ0v) is 10.5. The van der Waals surface area contributed by atoms with Crippen molar-refractivity contribution in [3.8, 4) is 5.75 Å². The monoisotopic (exact) mass is 241 g/mol. The van der Waals surface area contributed by atoms with Crippen LogP contribution >= 0.6 is 0 Å². The number of ether oxygens (including phenoxy) is 1. The molecule has 3 heteroatoms. The van der Waals surface area contributed by atoms with Gasteiger partial charge >= 0.3 is 0 Å². The zero-order chi connectivity index (χ0) is 13.0. The first-order chi connectivity index (χ1) is 8.70. The number of rotatable bonds is 4. The molecule has 1 aromatic heterocycles. The summed E-state index contributed by atoms with van der Waals surface area (Å²) in [5.41, 5.74) is 3.58. The second-order valence-electron chi connectivity index (χ2n) is 4.21. The number of pyridine rings is 1. The third-order valence-electron chi connectivity index (χ3n) is 2.77. The molecule has 0 saturated heterocycles. The summed E-state index contributed by atoms with van der Waals surface area (Å²) in [6.07, 6.45) is 2.55. The number of hydrogen-bond acceptors (Lipinski definition) is 3. The van der Waals surface area contributed by atoms with Crippen LogP contribution < -0.4 is 4.74 Å². The fourth-order valence-electron chi connectivity index (χ4n) is 1.71. The molecule has 0 unspecified atom stereocenters. The topological polar surface area (TPSA) is 39.2 Å². The minimum absolute atomic E-state index is 0.372. The summed E-state index contributed by atoms with van der Waals surface area (Å²) >= 11 is 0. The van der Waals surface area contributed by atoms with Crippen LogP contribution in [-0.4, -0.2) is 11.3 Å². The lowest BCUT2D eigenvalue weighted by Gasteiger charge is -2.10. The summed E-state index contributed by atoms with van der Waals surface area (Å²) in [6.45, 7) is 4.30. The van der Waals surface area contributed by atoms with Gasteiger partial charge in [-0.2, -0.15) is 0 Å². The van der Waals surface area contributed by atoms with Crippen molar-refractivity contribution in [2.24, 2.45) is 0 Å². The maximum Gasteiger partial charge on any atom is 0.153 e. The van der Waals surface area contributed by atoms with E-state index < -0.39 is 0 Å². The van der Waals surface area contributed by atoms with Crippen LogP contribution in [0.4, 0.5) is 0 Å². The third kappa shape index (κ3) is 2.74. The maximum absolute atomic E-state index is 11.0. The molecule has 1 heterocycles. The van der Waals surface area contributed by atoms with Gasteiger partial charge in [0.1, 0.15) is 12.4 Å². The Hall–Kier alpha value is -2.16. The highest BCUT2D eigenvalue weighted by Crippen LogP contribution is 2.19. The first-order valence-corrected chi connectivity index (χ1v) is 5.80. The Bertz CT molecular complexity index is 564. The van der Waals surface area contributed by atoms with Crippen molar-refractivity contribution in [2.75, 3.05) is 0 Å². The van der Waals surface area contributed by atoms with E-state index in [0.717, 1.165) is 23.1 Å². The van der Waals surface area contributed by atoms with E-state index in [1.807, 2.05) is 44.2 Å². The van der Waals surface area contributed by atoms with Crippen molar-refractivity contribution < 1.29 is 9.53 Å². The molecule has 2 rings (SSSR count). The van der Waals surface area contributed by atoms with Crippen molar-refractivity contribution in [2.45, 2.75) is 20.5 Å². The van der Waals surface area contributed by atoms with Gasteiger partial charge < -0.3 is 4.74 Å². The molecule has 0 bridgehead atoms. The Morgan fingerprint density at radius 2 is 2.11 bits per heavy atom. The van der Waals surface area contributed by atoms with Gasteiger partial charge in [0.05, 0.1) is 11.3 Å². The summed E-state index contributed by atoms with van der Waals surface area (Å²) in [7, 11) is 0. The van der Waals surface area contributed by atoms with Gasteiger partial charge in [0.2, 0.25) is 0 Å². The second kappa shape index (κ2) is 5.45. The van der Waals surface area contributed by atoms with Crippen LogP contribution in [0.2, 0.25) is 0 Å². The summed E-state index contributed by atoms with van der Waals surface area (Å²) in [5.74, 6) is 0.598. The van der Waals surface area contributed by atoms with E-state index in [4.69, 9.17) is 4.74 Å². The minimum Gasteiger partial charge on any atom is -0.487 e. The maximum atomic E-state index is 11.0. The van der Waals surface area contributed by atoms with Crippen molar-refractivity contribution in [1.29, 1.82) is 0 Å². The molecule has 0 aliphatic carbocycles. The van der Waals surface area contributed by atoms with Crippen LogP contribution in [0, 0.1) is 13.8 Å². The number of hydrogen-bond donors (Lipinski definition) is 0. The van der Waals surface area contributed by atoms with Gasteiger partial charge in [-0.1, -0.05) is 17.7 Å². The molecule has 0 fully saturated rings. The van der Waals surface area contributed by atoms with Gasteiger partial charge in [0.25, 0.3) is 0 Å². The summed E-state index contributed by atoms with van der Waals surface area (Å²) in [5, 5.41) is 0. The average Bonchev–Trinajstić information content (AvgIpc) is 2.39. The smallest absolute Gasteiger partial charge is 0.153 e. The molecule has 0 aliphatic heterocycles. The molecule has 3 nitrogen and oxygen atoms in total. The van der Waals surface area contributed by atoms with Crippen LogP contribution in [-0.2, 0) is 6.61 Å². The van der Waals surface area contributed by atoms with E-state index in [2.05, 4.69) is 4.98 Å². The lowest BCUT2D eigenvalue weighted by molar-refractivity contribution is 0.111. The first kappa shape index (κ1) is 12.3. The van der Waals surface area contributed by atoms with Gasteiger partial charge in [0, 0.05) is 6.20 Å². The number of carbonyl (C=O) groups is 1. The molecule has 0 radical (unpaired) electrons. The van der Waals surface area contributed by atoms with Gasteiger partial charge in [-0.15, -0.1) is 0 Å². The van der Waals surface area contributed by atoms with E-state index >= 15 is 0 Å². The summed E-state index contributed by atoms with van der Waals surface area (Å²) in [6, 6.07) is 9.43. The van der Waals surface area contributed by atoms with E-state index in [1.54, 1.807) is 6.20 Å². The molecular formula is C15H15NO2. The first-order valence-electron chi connectivity index (χ1n) is 5.80. The standard InChI is InChI=1S/C15H15NO2/c1-11-5-6-15(13(8-11)9-17)18-10-14-12(2)4-3-7-16-14/h3-9H,10H2,1-2H3. The van der Waals surface area contributed by atoms with Gasteiger partial charge in [-0.3, -0.25) is 9.78 Å². The van der Waals surface area contributed by atoms with E-state index in [-0.39, 0.29) is 0 Å². The number of aryl methyl sites for hydroxylation is 2. The fraction of sp³-hybridized carbons (Fsp3) is 0.200. The SMILES string of the molecule is Cc1ccc(OCc2ncccc2C)c(C=O)c1. The molecule has 0 N–H and O–H groups in total. The molecule has 0 spiro atoms. The Balaban J connectivity index is 2.16. The Labute approximate surface area is 106 Å². The molecule has 0 aliphatic rings. The quantitative estimate of drug-likeness (QED) is 0.772. The van der Waals surface area contributed by atoms with Crippen molar-refractivity contribution >= 4 is 6.29 Å². The normalized spacial score (nSPS) is 10.1. The van der Waals surface area contributed by atoms with E-state index in [9.17, 15) is 4.79 Å². The van der Waals surface area contributed by atoms with Crippen LogP contribution in [0.25, 0.3) is 0 Å². The lowest BCUT2D eigenvalue weighted by atomic mass is 10.1. The number of aldehydes is 1. The molecule has 0 atom stereocenters. The second-order valence-corrected chi connectivity index (χ2v) is 4.21. The molecule has 92 valence electrons. The minimum atomic E-state index is 0.372. The van der Waals surface area contributed by atoms with Crippen LogP contribution in [0.15, 0.2) is 36.5 Å². The van der Waals surface area contributed by atoms with E-state index in [0.29, 0.717) is 17.9 Å². The largest absolute Gasteiger partial charge is 0.487 e. The molecule has 18 heavy (non-hydrogen) atoms. The molecule has 2 aromatic rings. The van der Waals surface area contributed by atoms with Crippen molar-refractivity contribution in [3.05, 3.63) is 58.9 Å². The number of carbonyl (C=O) groups excluding carboxylic acids is 1. The highest BCUT2D eigenvalue weighted by atomic mass is 16.5. The Morgan fingerprint density at radius 3 is 2.83 bits per heavy atom. The highest BCUT2D eigenvalue weighted by molar-refractivity contribution is 5.79. The lowest BCUT2D eigenvalue weighted by Crippen LogP contribution is -2.02. The number of aromatic nitrogens is 1. The summed E-state index contributed by atoms with van der Waals surface area (Å²) < 4.78 is 5.66. The molecule has 1 aromatic carbocycles. The highest BCUT2D eigenvalue weighted by Gasteiger charge is 2.05. The zero-order valence-electron chi connectivity index (χ0n) is 10.5. The van der Waals surface area contributed by atoms with Crippen LogP contribution in [0.3, 0.4) is 0 Å². The van der Waals surface area contributed by atoms with Crippen LogP contribution in [0.5, 0.6) is 5.75 Å². The fourth-order valence-corrected chi connectivity index (χ4v) is 1.71. The summed E-state index contributed by atoms with van der Waals surface area (Å²) in [4.78, 5) is 15.2. The van der Waals surface area contributed by atoms with Crippen molar-refractivity contribution in [1.82, 2.24) is 4.98 Å². The Morgan fingerprint density at radius 1 is 1.28 bits per heavy atom. The van der Waals surface area contributed by atoms with Gasteiger partial charge in [0.15, 0.2) is 6.29 Å². The average molecular weight is 241 g/mol. The molecular weight excluding hydrogens is 226 g/mol. The number of benzene rings is 1. The van der Waals surface area contributed by atoms with Crippen LogP contribution in [0.1, 0.15) is 27.2 Å². The predicted molar refractivity (Wildman–Crippen MR) is 69.9 cm³/mol. The van der Waals surface area contributed by atoms with E-state index in [1.165, 1.54) is 0 Å².